The Balaban J connectivity index is 2.07. The summed E-state index contributed by atoms with van der Waals surface area (Å²) in [4.78, 5) is 32.6. The van der Waals surface area contributed by atoms with E-state index in [1.54, 1.807) is 42.5 Å². The lowest BCUT2D eigenvalue weighted by molar-refractivity contribution is -0.111. The summed E-state index contributed by atoms with van der Waals surface area (Å²) in [6, 6.07) is 4.27. The van der Waals surface area contributed by atoms with E-state index in [0.717, 1.165) is 0 Å². The smallest absolute Gasteiger partial charge is 0.339 e. The largest absolute Gasteiger partial charge is 0.507 e. The summed E-state index contributed by atoms with van der Waals surface area (Å²) in [5.41, 5.74) is 0.974. The van der Waals surface area contributed by atoms with Crippen LogP contribution in [0.2, 0.25) is 0 Å². The Hall–Kier alpha value is -3.54. The second-order valence-corrected chi connectivity index (χ2v) is 4.81. The lowest BCUT2D eigenvalue weighted by Crippen LogP contribution is -1.99. The highest BCUT2D eigenvalue weighted by molar-refractivity contribution is 6.05. The molecule has 0 bridgehead atoms. The Morgan fingerprint density at radius 1 is 1.12 bits per heavy atom. The number of carbonyl (C=O) groups excluding carboxylic acids is 1. The van der Waals surface area contributed by atoms with E-state index >= 15 is 0 Å². The summed E-state index contributed by atoms with van der Waals surface area (Å²) in [7, 11) is 0. The van der Waals surface area contributed by atoms with E-state index in [1.807, 2.05) is 0 Å². The molecule has 120 valence electrons. The van der Waals surface area contributed by atoms with Crippen molar-refractivity contribution in [3.05, 3.63) is 88.0 Å². The van der Waals surface area contributed by atoms with Gasteiger partial charge in [-0.2, -0.15) is 0 Å². The number of carboxylic acid groups (broad SMARTS) is 1. The van der Waals surface area contributed by atoms with E-state index in [4.69, 9.17) is 5.11 Å². The maximum Gasteiger partial charge on any atom is 0.339 e. The van der Waals surface area contributed by atoms with E-state index in [1.165, 1.54) is 24.3 Å². The van der Waals surface area contributed by atoms with Gasteiger partial charge in [-0.15, -0.1) is 4.91 Å². The van der Waals surface area contributed by atoms with Gasteiger partial charge in [-0.25, -0.2) is 4.79 Å². The number of rotatable bonds is 5. The van der Waals surface area contributed by atoms with Crippen LogP contribution in [0, 0.1) is 4.91 Å². The number of ketones is 1. The van der Waals surface area contributed by atoms with Crippen LogP contribution >= 0.6 is 0 Å². The minimum Gasteiger partial charge on any atom is -0.507 e. The number of nitrogens with zero attached hydrogens (tertiary/aromatic N) is 1. The number of benzene rings is 1. The van der Waals surface area contributed by atoms with E-state index in [9.17, 15) is 19.6 Å². The van der Waals surface area contributed by atoms with Gasteiger partial charge in [0.15, 0.2) is 5.70 Å². The highest BCUT2D eigenvalue weighted by atomic mass is 16.4. The monoisotopic (exact) mass is 323 g/mol. The van der Waals surface area contributed by atoms with Crippen LogP contribution in [0.4, 0.5) is 0 Å². The van der Waals surface area contributed by atoms with Crippen LogP contribution in [-0.4, -0.2) is 22.0 Å². The molecular formula is C18H13NO5. The number of nitroso groups, excluding NO2 is 1. The Kier molecular flexibility index (Phi) is 5.36. The molecule has 6 nitrogen and oxygen atoms in total. The maximum atomic E-state index is 11.2. The number of hydrogen-bond donors (Lipinski definition) is 2. The van der Waals surface area contributed by atoms with Gasteiger partial charge in [-0.3, -0.25) is 4.79 Å². The topological polar surface area (TPSA) is 104 Å². The molecule has 24 heavy (non-hydrogen) atoms. The highest BCUT2D eigenvalue weighted by Gasteiger charge is 2.11. The normalized spacial score (nSPS) is 16.1. The number of allylic oxidation sites excluding steroid dienone is 8. The molecule has 1 aliphatic carbocycles. The van der Waals surface area contributed by atoms with Crippen molar-refractivity contribution < 1.29 is 19.8 Å². The van der Waals surface area contributed by atoms with Gasteiger partial charge in [0, 0.05) is 0 Å². The van der Waals surface area contributed by atoms with Crippen molar-refractivity contribution in [3.63, 3.8) is 0 Å². The summed E-state index contributed by atoms with van der Waals surface area (Å²) in [6.07, 6.45) is 12.7. The number of hydrogen-bond acceptors (Lipinski definition) is 5. The number of phenols is 1. The first-order valence-corrected chi connectivity index (χ1v) is 6.90. The van der Waals surface area contributed by atoms with Crippen LogP contribution in [0.3, 0.4) is 0 Å². The summed E-state index contributed by atoms with van der Waals surface area (Å²) in [6.45, 7) is 0. The third-order valence-corrected chi connectivity index (χ3v) is 3.13. The molecule has 0 spiro atoms. The van der Waals surface area contributed by atoms with Crippen LogP contribution in [0.5, 0.6) is 5.75 Å². The molecule has 0 saturated carbocycles. The standard InChI is InChI=1S/C18H13NO5/c20-16-8-6-12(10-14(16)18(22)23)4-2-1-3-5-13-7-9-17(21)15(11-13)19-24/h1-11,20H,(H,22,23). The van der Waals surface area contributed by atoms with Crippen LogP contribution in [0.25, 0.3) is 6.08 Å². The summed E-state index contributed by atoms with van der Waals surface area (Å²) in [5.74, 6) is -1.91. The van der Waals surface area contributed by atoms with Gasteiger partial charge in [0.1, 0.15) is 11.3 Å². The van der Waals surface area contributed by atoms with Gasteiger partial charge >= 0.3 is 5.97 Å². The van der Waals surface area contributed by atoms with Crippen LogP contribution in [0.1, 0.15) is 15.9 Å². The second kappa shape index (κ2) is 7.64. The zero-order valence-electron chi connectivity index (χ0n) is 12.4. The molecule has 0 aromatic heterocycles. The number of aromatic hydroxyl groups is 1. The van der Waals surface area contributed by atoms with Crippen molar-refractivity contribution in [1.29, 1.82) is 0 Å². The van der Waals surface area contributed by atoms with E-state index in [2.05, 4.69) is 5.18 Å². The Morgan fingerprint density at radius 2 is 1.92 bits per heavy atom. The zero-order chi connectivity index (χ0) is 17.5. The van der Waals surface area contributed by atoms with Gasteiger partial charge in [-0.1, -0.05) is 42.5 Å². The molecule has 0 unspecified atom stereocenters. The van der Waals surface area contributed by atoms with Crippen molar-refractivity contribution in [2.24, 2.45) is 5.18 Å². The molecule has 0 radical (unpaired) electrons. The molecule has 1 aromatic rings. The minimum absolute atomic E-state index is 0.141. The van der Waals surface area contributed by atoms with Gasteiger partial charge in [0.2, 0.25) is 5.78 Å². The Labute approximate surface area is 137 Å². The van der Waals surface area contributed by atoms with Crippen molar-refractivity contribution in [2.75, 3.05) is 0 Å². The van der Waals surface area contributed by atoms with Gasteiger partial charge in [0.05, 0.1) is 0 Å². The molecule has 6 heteroatoms. The highest BCUT2D eigenvalue weighted by Crippen LogP contribution is 2.19. The fraction of sp³-hybridized carbons (Fsp3) is 0. The zero-order valence-corrected chi connectivity index (χ0v) is 12.4. The number of carbonyl (C=O) groups is 2. The molecule has 0 aliphatic heterocycles. The number of carboxylic acids is 1. The first-order chi connectivity index (χ1) is 11.5. The van der Waals surface area contributed by atoms with E-state index < -0.39 is 11.8 Å². The molecular weight excluding hydrogens is 310 g/mol. The third kappa shape index (κ3) is 4.23. The van der Waals surface area contributed by atoms with Crippen molar-refractivity contribution in [3.8, 4) is 5.75 Å². The van der Waals surface area contributed by atoms with E-state index in [-0.39, 0.29) is 17.0 Å². The molecule has 0 atom stereocenters. The Bertz CT molecular complexity index is 841. The van der Waals surface area contributed by atoms with E-state index in [0.29, 0.717) is 11.1 Å². The maximum absolute atomic E-state index is 11.2. The number of aromatic carboxylic acids is 1. The summed E-state index contributed by atoms with van der Waals surface area (Å²) < 4.78 is 0. The fourth-order valence-corrected chi connectivity index (χ4v) is 1.94. The third-order valence-electron chi connectivity index (χ3n) is 3.13. The predicted octanol–water partition coefficient (Wildman–Crippen LogP) is 3.38. The average molecular weight is 323 g/mol. The lowest BCUT2D eigenvalue weighted by atomic mass is 10.1. The van der Waals surface area contributed by atoms with Gasteiger partial charge in [0.25, 0.3) is 0 Å². The quantitative estimate of drug-likeness (QED) is 0.638. The van der Waals surface area contributed by atoms with Crippen molar-refractivity contribution in [1.82, 2.24) is 0 Å². The van der Waals surface area contributed by atoms with Gasteiger partial charge in [-0.05, 0) is 40.6 Å². The first kappa shape index (κ1) is 16.8. The summed E-state index contributed by atoms with van der Waals surface area (Å²) in [5, 5.41) is 21.0. The van der Waals surface area contributed by atoms with Crippen LogP contribution in [0.15, 0.2) is 77.2 Å². The first-order valence-electron chi connectivity index (χ1n) is 6.90. The van der Waals surface area contributed by atoms with Crippen LogP contribution < -0.4 is 0 Å². The lowest BCUT2D eigenvalue weighted by Gasteiger charge is -2.00. The summed E-state index contributed by atoms with van der Waals surface area (Å²) >= 11 is 0. The SMILES string of the molecule is O=NC1=CC(=CC=CC=Cc2ccc(O)c(C(=O)O)c2)C=CC1=O. The minimum atomic E-state index is -1.20. The average Bonchev–Trinajstić information content (AvgIpc) is 2.57. The molecule has 0 fully saturated rings. The molecule has 2 N–H and O–H groups in total. The Morgan fingerprint density at radius 3 is 2.62 bits per heavy atom. The molecule has 1 aliphatic rings. The van der Waals surface area contributed by atoms with Crippen molar-refractivity contribution in [2.45, 2.75) is 0 Å². The second-order valence-electron chi connectivity index (χ2n) is 4.81. The van der Waals surface area contributed by atoms with Gasteiger partial charge < -0.3 is 10.2 Å². The molecule has 0 saturated heterocycles. The van der Waals surface area contributed by atoms with Crippen LogP contribution in [-0.2, 0) is 4.79 Å². The molecule has 1 aromatic carbocycles. The molecule has 0 heterocycles. The molecule has 2 rings (SSSR count). The van der Waals surface area contributed by atoms with Crippen molar-refractivity contribution >= 4 is 17.8 Å². The fourth-order valence-electron chi connectivity index (χ4n) is 1.94. The predicted molar refractivity (Wildman–Crippen MR) is 89.3 cm³/mol. The molecule has 0 amide bonds.